The maximum Gasteiger partial charge on any atom is 0.410 e. The Balaban J connectivity index is 2.55. The summed E-state index contributed by atoms with van der Waals surface area (Å²) >= 11 is 0. The number of aliphatic hydroxyl groups is 1. The monoisotopic (exact) mass is 231 g/mol. The van der Waals surface area contributed by atoms with Gasteiger partial charge in [0.1, 0.15) is 5.60 Å². The lowest BCUT2D eigenvalue weighted by atomic mass is 10.2. The Hall–Kier alpha value is -0.810. The maximum atomic E-state index is 11.8. The fraction of sp³-hybridized carbons (Fsp3) is 0.909. The van der Waals surface area contributed by atoms with Crippen molar-refractivity contribution in [3.05, 3.63) is 0 Å². The zero-order chi connectivity index (χ0) is 12.3. The minimum absolute atomic E-state index is 0.0709. The van der Waals surface area contributed by atoms with E-state index in [1.54, 1.807) is 4.90 Å². The van der Waals surface area contributed by atoms with Gasteiger partial charge in [-0.2, -0.15) is 0 Å². The van der Waals surface area contributed by atoms with Gasteiger partial charge in [-0.3, -0.25) is 0 Å². The zero-order valence-electron chi connectivity index (χ0n) is 10.4. The predicted octanol–water partition coefficient (Wildman–Crippen LogP) is 1.00. The number of morpholine rings is 1. The van der Waals surface area contributed by atoms with Crippen LogP contribution in [0.25, 0.3) is 0 Å². The maximum absolute atomic E-state index is 11.8. The number of carbonyl (C=O) groups excluding carboxylic acids is 1. The third kappa shape index (κ3) is 3.98. The number of rotatable bonds is 1. The van der Waals surface area contributed by atoms with Crippen LogP contribution < -0.4 is 0 Å². The number of ether oxygens (including phenoxy) is 2. The molecular formula is C11H21NO4. The number of nitrogens with zero attached hydrogens (tertiary/aromatic N) is 1. The third-order valence-electron chi connectivity index (χ3n) is 2.18. The van der Waals surface area contributed by atoms with E-state index in [1.807, 2.05) is 27.7 Å². The summed E-state index contributed by atoms with van der Waals surface area (Å²) in [4.78, 5) is 13.4. The summed E-state index contributed by atoms with van der Waals surface area (Å²) in [6, 6.07) is 0. The van der Waals surface area contributed by atoms with E-state index in [0.29, 0.717) is 13.1 Å². The van der Waals surface area contributed by atoms with Crippen molar-refractivity contribution in [3.8, 4) is 0 Å². The van der Waals surface area contributed by atoms with Crippen molar-refractivity contribution in [3.63, 3.8) is 0 Å². The van der Waals surface area contributed by atoms with Crippen LogP contribution in [0.5, 0.6) is 0 Å². The topological polar surface area (TPSA) is 59.0 Å². The first-order valence-electron chi connectivity index (χ1n) is 5.56. The molecule has 0 aliphatic carbocycles. The minimum atomic E-state index is -0.493. The van der Waals surface area contributed by atoms with E-state index < -0.39 is 5.60 Å². The second-order valence-electron chi connectivity index (χ2n) is 5.14. The molecule has 5 nitrogen and oxygen atoms in total. The highest BCUT2D eigenvalue weighted by molar-refractivity contribution is 5.68. The smallest absolute Gasteiger partial charge is 0.410 e. The van der Waals surface area contributed by atoms with Crippen LogP contribution in [-0.2, 0) is 9.47 Å². The van der Waals surface area contributed by atoms with Crippen molar-refractivity contribution in [2.75, 3.05) is 19.7 Å². The molecule has 1 fully saturated rings. The molecule has 0 radical (unpaired) electrons. The van der Waals surface area contributed by atoms with E-state index in [4.69, 9.17) is 14.6 Å². The van der Waals surface area contributed by atoms with Gasteiger partial charge in [-0.05, 0) is 27.7 Å². The Kier molecular flexibility index (Phi) is 4.15. The first kappa shape index (κ1) is 13.3. The van der Waals surface area contributed by atoms with Gasteiger partial charge in [0, 0.05) is 0 Å². The lowest BCUT2D eigenvalue weighted by Crippen LogP contribution is -2.51. The van der Waals surface area contributed by atoms with Gasteiger partial charge in [0.25, 0.3) is 0 Å². The molecule has 0 aromatic carbocycles. The Bertz CT molecular complexity index is 249. The number of aliphatic hydroxyl groups excluding tert-OH is 1. The van der Waals surface area contributed by atoms with Gasteiger partial charge >= 0.3 is 6.09 Å². The van der Waals surface area contributed by atoms with Crippen LogP contribution in [-0.4, -0.2) is 53.6 Å². The molecule has 0 aromatic rings. The molecule has 1 N–H and O–H groups in total. The van der Waals surface area contributed by atoms with Crippen molar-refractivity contribution in [1.82, 2.24) is 4.90 Å². The lowest BCUT2D eigenvalue weighted by molar-refractivity contribution is -0.0956. The highest BCUT2D eigenvalue weighted by Crippen LogP contribution is 2.15. The van der Waals surface area contributed by atoms with Crippen molar-refractivity contribution in [2.45, 2.75) is 45.5 Å². The van der Waals surface area contributed by atoms with Crippen LogP contribution in [0.1, 0.15) is 27.7 Å². The summed E-state index contributed by atoms with van der Waals surface area (Å²) in [7, 11) is 0. The van der Waals surface area contributed by atoms with E-state index in [9.17, 15) is 4.79 Å². The largest absolute Gasteiger partial charge is 0.444 e. The summed E-state index contributed by atoms with van der Waals surface area (Å²) in [6.07, 6.45) is -0.726. The first-order valence-corrected chi connectivity index (χ1v) is 5.56. The molecule has 2 atom stereocenters. The molecule has 0 spiro atoms. The predicted molar refractivity (Wildman–Crippen MR) is 59.2 cm³/mol. The Morgan fingerprint density at radius 2 is 2.12 bits per heavy atom. The summed E-state index contributed by atoms with van der Waals surface area (Å²) in [5, 5.41) is 9.04. The van der Waals surface area contributed by atoms with Gasteiger partial charge in [-0.1, -0.05) is 0 Å². The highest BCUT2D eigenvalue weighted by atomic mass is 16.6. The molecule has 1 aliphatic rings. The molecule has 2 unspecified atom stereocenters. The number of carbonyl (C=O) groups is 1. The van der Waals surface area contributed by atoms with E-state index in [2.05, 4.69) is 0 Å². The average Bonchev–Trinajstić information content (AvgIpc) is 2.14. The van der Waals surface area contributed by atoms with Crippen molar-refractivity contribution < 1.29 is 19.4 Å². The van der Waals surface area contributed by atoms with Crippen LogP contribution in [0.2, 0.25) is 0 Å². The number of amides is 1. The van der Waals surface area contributed by atoms with Crippen molar-refractivity contribution in [1.29, 1.82) is 0 Å². The minimum Gasteiger partial charge on any atom is -0.444 e. The molecule has 0 saturated carbocycles. The molecule has 5 heteroatoms. The standard InChI is InChI=1S/C11H21NO4/c1-8-5-12(6-9(7-13)15-8)10(14)16-11(2,3)4/h8-9,13H,5-7H2,1-4H3. The SMILES string of the molecule is CC1CN(C(=O)OC(C)(C)C)CC(CO)O1. The van der Waals surface area contributed by atoms with Gasteiger partial charge in [-0.15, -0.1) is 0 Å². The lowest BCUT2D eigenvalue weighted by Gasteiger charge is -2.36. The van der Waals surface area contributed by atoms with Crippen LogP contribution in [0, 0.1) is 0 Å². The molecule has 1 amide bonds. The fourth-order valence-corrected chi connectivity index (χ4v) is 1.62. The van der Waals surface area contributed by atoms with Gasteiger partial charge in [-0.25, -0.2) is 4.79 Å². The van der Waals surface area contributed by atoms with Crippen LogP contribution >= 0.6 is 0 Å². The van der Waals surface area contributed by atoms with E-state index in [-0.39, 0.29) is 24.9 Å². The Labute approximate surface area is 96.3 Å². The molecule has 1 saturated heterocycles. The molecule has 1 rings (SSSR count). The molecule has 1 aliphatic heterocycles. The number of hydrogen-bond acceptors (Lipinski definition) is 4. The van der Waals surface area contributed by atoms with Crippen LogP contribution in [0.4, 0.5) is 4.79 Å². The van der Waals surface area contributed by atoms with Gasteiger partial charge in [0.15, 0.2) is 0 Å². The molecule has 94 valence electrons. The van der Waals surface area contributed by atoms with Crippen LogP contribution in [0.3, 0.4) is 0 Å². The average molecular weight is 231 g/mol. The van der Waals surface area contributed by atoms with Gasteiger partial charge < -0.3 is 19.5 Å². The molecule has 0 aromatic heterocycles. The van der Waals surface area contributed by atoms with Crippen molar-refractivity contribution >= 4 is 6.09 Å². The summed E-state index contributed by atoms with van der Waals surface area (Å²) < 4.78 is 10.7. The van der Waals surface area contributed by atoms with Crippen LogP contribution in [0.15, 0.2) is 0 Å². The zero-order valence-corrected chi connectivity index (χ0v) is 10.4. The molecule has 1 heterocycles. The molecule has 0 bridgehead atoms. The summed E-state index contributed by atoms with van der Waals surface area (Å²) in [6.45, 7) is 8.18. The van der Waals surface area contributed by atoms with E-state index in [1.165, 1.54) is 0 Å². The summed E-state index contributed by atoms with van der Waals surface area (Å²) in [5.74, 6) is 0. The third-order valence-corrected chi connectivity index (χ3v) is 2.18. The highest BCUT2D eigenvalue weighted by Gasteiger charge is 2.30. The fourth-order valence-electron chi connectivity index (χ4n) is 1.62. The second-order valence-corrected chi connectivity index (χ2v) is 5.14. The Morgan fingerprint density at radius 3 is 2.62 bits per heavy atom. The molecule has 16 heavy (non-hydrogen) atoms. The van der Waals surface area contributed by atoms with E-state index in [0.717, 1.165) is 0 Å². The first-order chi connectivity index (χ1) is 7.31. The van der Waals surface area contributed by atoms with Gasteiger partial charge in [0.05, 0.1) is 31.9 Å². The molecular weight excluding hydrogens is 210 g/mol. The Morgan fingerprint density at radius 1 is 1.50 bits per heavy atom. The number of hydrogen-bond donors (Lipinski definition) is 1. The van der Waals surface area contributed by atoms with E-state index >= 15 is 0 Å². The van der Waals surface area contributed by atoms with Crippen molar-refractivity contribution in [2.24, 2.45) is 0 Å². The van der Waals surface area contributed by atoms with Gasteiger partial charge in [0.2, 0.25) is 0 Å². The second kappa shape index (κ2) is 5.01. The normalized spacial score (nSPS) is 26.7. The summed E-state index contributed by atoms with van der Waals surface area (Å²) in [5.41, 5.74) is -0.493. The quantitative estimate of drug-likeness (QED) is 0.731.